The van der Waals surface area contributed by atoms with E-state index in [1.54, 1.807) is 0 Å². The van der Waals surface area contributed by atoms with Crippen LogP contribution in [0.4, 0.5) is 22.0 Å². The number of nitrogens with zero attached hydrogens (tertiary/aromatic N) is 3. The summed E-state index contributed by atoms with van der Waals surface area (Å²) in [4.78, 5) is 3.21. The molecule has 18 heavy (non-hydrogen) atoms. The van der Waals surface area contributed by atoms with E-state index in [-0.39, 0.29) is 0 Å². The van der Waals surface area contributed by atoms with Crippen molar-refractivity contribution < 1.29 is 22.0 Å². The van der Waals surface area contributed by atoms with E-state index in [0.717, 1.165) is 6.07 Å². The van der Waals surface area contributed by atoms with Gasteiger partial charge in [0.25, 0.3) is 6.43 Å². The van der Waals surface area contributed by atoms with Gasteiger partial charge in [0.1, 0.15) is 11.8 Å². The fraction of sp³-hybridized carbons (Fsp3) is 0.300. The van der Waals surface area contributed by atoms with Crippen LogP contribution >= 0.6 is 0 Å². The number of pyridine rings is 1. The first kappa shape index (κ1) is 13.8. The molecule has 0 fully saturated rings. The molecule has 0 spiro atoms. The Hall–Kier alpha value is -2.22. The molecule has 0 aromatic carbocycles. The maximum atomic E-state index is 12.6. The summed E-state index contributed by atoms with van der Waals surface area (Å²) in [7, 11) is 0. The van der Waals surface area contributed by atoms with Gasteiger partial charge in [0.2, 0.25) is 0 Å². The zero-order valence-corrected chi connectivity index (χ0v) is 8.59. The standard InChI is InChI=1S/C10H4F5N3/c11-9(12)8-6(4-17)7(10(13,14)15)3-5(18-8)1-2-16/h3,9H,1H2. The Morgan fingerprint density at radius 2 is 1.89 bits per heavy atom. The van der Waals surface area contributed by atoms with Crippen LogP contribution in [-0.4, -0.2) is 4.98 Å². The summed E-state index contributed by atoms with van der Waals surface area (Å²) in [5.74, 6) is 0. The van der Waals surface area contributed by atoms with Crippen molar-refractivity contribution in [3.8, 4) is 12.1 Å². The molecule has 0 atom stereocenters. The zero-order chi connectivity index (χ0) is 13.9. The second-order valence-corrected chi connectivity index (χ2v) is 3.17. The van der Waals surface area contributed by atoms with Crippen LogP contribution in [0.1, 0.15) is 28.9 Å². The van der Waals surface area contributed by atoms with Gasteiger partial charge in [-0.25, -0.2) is 13.8 Å². The third-order valence-corrected chi connectivity index (χ3v) is 1.98. The molecule has 0 aliphatic carbocycles. The summed E-state index contributed by atoms with van der Waals surface area (Å²) in [6, 6.07) is 3.02. The van der Waals surface area contributed by atoms with Crippen LogP contribution in [0.2, 0.25) is 0 Å². The normalized spacial score (nSPS) is 11.1. The summed E-state index contributed by atoms with van der Waals surface area (Å²) in [6.45, 7) is 0. The minimum Gasteiger partial charge on any atom is -0.249 e. The van der Waals surface area contributed by atoms with Crippen LogP contribution in [0.25, 0.3) is 0 Å². The van der Waals surface area contributed by atoms with E-state index < -0.39 is 41.5 Å². The number of hydrogen-bond donors (Lipinski definition) is 0. The molecule has 1 aromatic rings. The molecular formula is C10H4F5N3. The van der Waals surface area contributed by atoms with E-state index >= 15 is 0 Å². The van der Waals surface area contributed by atoms with Crippen molar-refractivity contribution in [2.24, 2.45) is 0 Å². The third kappa shape index (κ3) is 2.72. The van der Waals surface area contributed by atoms with Crippen molar-refractivity contribution in [3.63, 3.8) is 0 Å². The highest BCUT2D eigenvalue weighted by Crippen LogP contribution is 2.35. The summed E-state index contributed by atoms with van der Waals surface area (Å²) in [6.07, 6.45) is -8.82. The average Bonchev–Trinajstić information content (AvgIpc) is 2.27. The molecule has 1 rings (SSSR count). The first-order chi connectivity index (χ1) is 8.31. The lowest BCUT2D eigenvalue weighted by atomic mass is 10.0. The maximum absolute atomic E-state index is 12.6. The summed E-state index contributed by atoms with van der Waals surface area (Å²) < 4.78 is 62.9. The Morgan fingerprint density at radius 1 is 1.28 bits per heavy atom. The Bertz CT molecular complexity index is 536. The quantitative estimate of drug-likeness (QED) is 0.769. The van der Waals surface area contributed by atoms with E-state index in [0.29, 0.717) is 6.07 Å². The van der Waals surface area contributed by atoms with Crippen molar-refractivity contribution in [2.45, 2.75) is 19.0 Å². The topological polar surface area (TPSA) is 60.5 Å². The minimum atomic E-state index is -4.96. The van der Waals surface area contributed by atoms with Crippen molar-refractivity contribution in [1.82, 2.24) is 4.98 Å². The molecular weight excluding hydrogens is 257 g/mol. The van der Waals surface area contributed by atoms with Gasteiger partial charge >= 0.3 is 6.18 Å². The van der Waals surface area contributed by atoms with Crippen LogP contribution in [0.5, 0.6) is 0 Å². The van der Waals surface area contributed by atoms with Crippen LogP contribution in [-0.2, 0) is 12.6 Å². The molecule has 0 radical (unpaired) electrons. The van der Waals surface area contributed by atoms with Crippen molar-refractivity contribution in [1.29, 1.82) is 10.5 Å². The van der Waals surface area contributed by atoms with Gasteiger partial charge in [-0.15, -0.1) is 0 Å². The second kappa shape index (κ2) is 4.96. The number of aromatic nitrogens is 1. The molecule has 1 aromatic heterocycles. The molecule has 0 saturated heterocycles. The molecule has 0 unspecified atom stereocenters. The predicted octanol–water partition coefficient (Wildman–Crippen LogP) is 2.98. The fourth-order valence-electron chi connectivity index (χ4n) is 1.29. The molecule has 94 valence electrons. The Morgan fingerprint density at radius 3 is 2.28 bits per heavy atom. The van der Waals surface area contributed by atoms with Crippen molar-refractivity contribution >= 4 is 0 Å². The second-order valence-electron chi connectivity index (χ2n) is 3.17. The molecule has 0 N–H and O–H groups in total. The summed E-state index contributed by atoms with van der Waals surface area (Å²) in [5.41, 5.74) is -4.41. The van der Waals surface area contributed by atoms with Gasteiger partial charge < -0.3 is 0 Å². The van der Waals surface area contributed by atoms with Crippen LogP contribution in [0.15, 0.2) is 6.07 Å². The summed E-state index contributed by atoms with van der Waals surface area (Å²) in [5, 5.41) is 16.9. The average molecular weight is 261 g/mol. The van der Waals surface area contributed by atoms with Gasteiger partial charge in [-0.2, -0.15) is 23.7 Å². The highest BCUT2D eigenvalue weighted by Gasteiger charge is 2.37. The maximum Gasteiger partial charge on any atom is 0.417 e. The predicted molar refractivity (Wildman–Crippen MR) is 48.2 cm³/mol. The Labute approximate surface area is 98.1 Å². The number of hydrogen-bond acceptors (Lipinski definition) is 3. The van der Waals surface area contributed by atoms with Gasteiger partial charge in [-0.1, -0.05) is 0 Å². The first-order valence-corrected chi connectivity index (χ1v) is 4.47. The van der Waals surface area contributed by atoms with Gasteiger partial charge in [-0.3, -0.25) is 0 Å². The molecule has 3 nitrogen and oxygen atoms in total. The lowest BCUT2D eigenvalue weighted by molar-refractivity contribution is -0.138. The van der Waals surface area contributed by atoms with E-state index in [2.05, 4.69) is 4.98 Å². The molecule has 0 aliphatic rings. The third-order valence-electron chi connectivity index (χ3n) is 1.98. The lowest BCUT2D eigenvalue weighted by Crippen LogP contribution is -2.13. The van der Waals surface area contributed by atoms with Gasteiger partial charge in [0, 0.05) is 0 Å². The van der Waals surface area contributed by atoms with E-state index in [4.69, 9.17) is 10.5 Å². The molecule has 0 saturated carbocycles. The number of rotatable bonds is 2. The molecule has 1 heterocycles. The van der Waals surface area contributed by atoms with Gasteiger partial charge in [0.05, 0.1) is 29.3 Å². The van der Waals surface area contributed by atoms with E-state index in [9.17, 15) is 22.0 Å². The lowest BCUT2D eigenvalue weighted by Gasteiger charge is -2.12. The SMILES string of the molecule is N#CCc1cc(C(F)(F)F)c(C#N)c(C(F)F)n1. The van der Waals surface area contributed by atoms with Gasteiger partial charge in [-0.05, 0) is 6.07 Å². The number of alkyl halides is 5. The highest BCUT2D eigenvalue weighted by molar-refractivity contribution is 5.44. The smallest absolute Gasteiger partial charge is 0.249 e. The van der Waals surface area contributed by atoms with Crippen molar-refractivity contribution in [2.75, 3.05) is 0 Å². The highest BCUT2D eigenvalue weighted by atomic mass is 19.4. The first-order valence-electron chi connectivity index (χ1n) is 4.47. The van der Waals surface area contributed by atoms with Crippen LogP contribution < -0.4 is 0 Å². The fourth-order valence-corrected chi connectivity index (χ4v) is 1.29. The largest absolute Gasteiger partial charge is 0.417 e. The Balaban J connectivity index is 3.59. The van der Waals surface area contributed by atoms with Gasteiger partial charge in [0.15, 0.2) is 0 Å². The number of nitriles is 2. The minimum absolute atomic E-state index is 0.438. The van der Waals surface area contributed by atoms with E-state index in [1.807, 2.05) is 0 Å². The summed E-state index contributed by atoms with van der Waals surface area (Å²) >= 11 is 0. The molecule has 0 aliphatic heterocycles. The zero-order valence-electron chi connectivity index (χ0n) is 8.59. The molecule has 8 heteroatoms. The number of halogens is 5. The van der Waals surface area contributed by atoms with Crippen LogP contribution in [0.3, 0.4) is 0 Å². The molecule has 0 amide bonds. The Kier molecular flexibility index (Phi) is 3.82. The monoisotopic (exact) mass is 261 g/mol. The van der Waals surface area contributed by atoms with Crippen molar-refractivity contribution in [3.05, 3.63) is 28.6 Å². The van der Waals surface area contributed by atoms with E-state index in [1.165, 1.54) is 6.07 Å². The van der Waals surface area contributed by atoms with Crippen LogP contribution in [0, 0.1) is 22.7 Å². The molecule has 0 bridgehead atoms.